The molecule has 0 spiro atoms. The Balaban J connectivity index is 1.33. The van der Waals surface area contributed by atoms with Crippen LogP contribution in [0.25, 0.3) is 16.5 Å². The summed E-state index contributed by atoms with van der Waals surface area (Å²) in [5.41, 5.74) is 0.0158. The minimum atomic E-state index is -2.50. The van der Waals surface area contributed by atoms with E-state index in [-0.39, 0.29) is 47.1 Å². The van der Waals surface area contributed by atoms with Gasteiger partial charge in [0.05, 0.1) is 11.6 Å². The smallest absolute Gasteiger partial charge is 0.265 e. The molecule has 0 amide bonds. The van der Waals surface area contributed by atoms with E-state index in [4.69, 9.17) is 9.26 Å². The number of hydrogen-bond acceptors (Lipinski definition) is 10. The molecule has 0 saturated heterocycles. The van der Waals surface area contributed by atoms with Crippen LogP contribution < -0.4 is 10.1 Å². The monoisotopic (exact) mass is 595 g/mol. The fourth-order valence-electron chi connectivity index (χ4n) is 7.38. The number of nitrogens with zero attached hydrogens (tertiary/aromatic N) is 2. The minimum Gasteiger partial charge on any atom is -0.507 e. The number of ketones is 2. The predicted molar refractivity (Wildman–Crippen MR) is 161 cm³/mol. The molecule has 226 valence electrons. The van der Waals surface area contributed by atoms with Crippen LogP contribution in [0.15, 0.2) is 64.7 Å². The number of fused-ring (bicyclic) bond motifs is 5. The molecule has 1 fully saturated rings. The van der Waals surface area contributed by atoms with E-state index >= 15 is 0 Å². The van der Waals surface area contributed by atoms with E-state index in [1.165, 1.54) is 0 Å². The molecule has 10 nitrogen and oxygen atoms in total. The Morgan fingerprint density at radius 2 is 1.82 bits per heavy atom. The first-order chi connectivity index (χ1) is 21.1. The Hall–Kier alpha value is -4.51. The van der Waals surface area contributed by atoms with Crippen molar-refractivity contribution in [1.29, 1.82) is 0 Å². The SMILES string of the molecule is CNCc1ccc2cc3c(c(O)c2c1)C(O)=C1C(=O)[C@]2(O)C(=O)c4c(OCc5ccccc5)noc4[C@@H](N(C)C)[C@@H]2C[C@@H]1C3. The molecule has 0 bridgehead atoms. The van der Waals surface area contributed by atoms with E-state index < -0.39 is 40.8 Å². The summed E-state index contributed by atoms with van der Waals surface area (Å²) in [4.78, 5) is 30.3. The van der Waals surface area contributed by atoms with Gasteiger partial charge < -0.3 is 29.9 Å². The van der Waals surface area contributed by atoms with Crippen molar-refractivity contribution < 1.29 is 34.2 Å². The Kier molecular flexibility index (Phi) is 6.61. The minimum absolute atomic E-state index is 0.0465. The first kappa shape index (κ1) is 28.3. The van der Waals surface area contributed by atoms with Gasteiger partial charge in [-0.2, -0.15) is 0 Å². The van der Waals surface area contributed by atoms with Crippen LogP contribution in [0.4, 0.5) is 0 Å². The summed E-state index contributed by atoms with van der Waals surface area (Å²) in [6, 6.07) is 16.3. The van der Waals surface area contributed by atoms with Crippen molar-refractivity contribution in [3.63, 3.8) is 0 Å². The number of nitrogens with one attached hydrogen (secondary N) is 1. The molecule has 1 aromatic heterocycles. The molecule has 1 saturated carbocycles. The average molecular weight is 596 g/mol. The summed E-state index contributed by atoms with van der Waals surface area (Å²) in [5.74, 6) is -3.51. The van der Waals surface area contributed by atoms with Gasteiger partial charge in [0.15, 0.2) is 11.4 Å². The largest absolute Gasteiger partial charge is 0.507 e. The van der Waals surface area contributed by atoms with Crippen molar-refractivity contribution in [2.45, 2.75) is 37.6 Å². The highest BCUT2D eigenvalue weighted by atomic mass is 16.5. The zero-order valence-corrected chi connectivity index (χ0v) is 24.6. The standard InChI is InChI=1S/C34H33N3O7/c1-35-15-18-9-10-19-12-20-13-21-14-23-27(37(2)3)30-26(33(36-44-30)43-16-17-7-5-4-6-8-17)32(41)34(23,42)31(40)25(21)29(39)24(20)28(38)22(19)11-18/h4-12,21,23,27,35,38-39,42H,13-16H2,1-3H3/t21-,23-,27-,34-/m0/s1. The van der Waals surface area contributed by atoms with Crippen LogP contribution in [0.3, 0.4) is 0 Å². The van der Waals surface area contributed by atoms with Crippen LogP contribution >= 0.6 is 0 Å². The lowest BCUT2D eigenvalue weighted by molar-refractivity contribution is -0.142. The molecular weight excluding hydrogens is 562 g/mol. The number of ether oxygens (including phenoxy) is 1. The number of hydrogen-bond donors (Lipinski definition) is 4. The van der Waals surface area contributed by atoms with Gasteiger partial charge in [-0.05, 0) is 73.2 Å². The number of phenols is 1. The molecular formula is C34H33N3O7. The Bertz CT molecular complexity index is 1860. The maximum absolute atomic E-state index is 14.4. The Labute approximate surface area is 253 Å². The summed E-state index contributed by atoms with van der Waals surface area (Å²) in [6.45, 7) is 0.690. The number of aliphatic hydroxyl groups is 2. The molecule has 3 aromatic carbocycles. The molecule has 3 aliphatic rings. The molecule has 4 N–H and O–H groups in total. The van der Waals surface area contributed by atoms with Crippen molar-refractivity contribution in [3.8, 4) is 11.6 Å². The molecule has 3 aliphatic carbocycles. The van der Waals surface area contributed by atoms with Gasteiger partial charge in [0, 0.05) is 23.4 Å². The Morgan fingerprint density at radius 3 is 2.55 bits per heavy atom. The third-order valence-electron chi connectivity index (χ3n) is 9.36. The number of aromatic nitrogens is 1. The number of aliphatic hydroxyl groups excluding tert-OH is 1. The molecule has 0 aliphatic heterocycles. The predicted octanol–water partition coefficient (Wildman–Crippen LogP) is 4.09. The first-order valence-corrected chi connectivity index (χ1v) is 14.6. The maximum Gasteiger partial charge on any atom is 0.265 e. The first-order valence-electron chi connectivity index (χ1n) is 14.6. The number of benzene rings is 3. The highest BCUT2D eigenvalue weighted by molar-refractivity contribution is 6.26. The average Bonchev–Trinajstić information content (AvgIpc) is 3.42. The number of carbonyl (C=O) groups excluding carboxylic acids is 2. The number of Topliss-reactive ketones (excluding diaryl/α,β-unsaturated/α-hetero) is 2. The van der Waals surface area contributed by atoms with Crippen molar-refractivity contribution >= 4 is 28.1 Å². The molecule has 44 heavy (non-hydrogen) atoms. The van der Waals surface area contributed by atoms with Crippen LogP contribution in [0.2, 0.25) is 0 Å². The van der Waals surface area contributed by atoms with Crippen LogP contribution in [-0.4, -0.2) is 63.7 Å². The second kappa shape index (κ2) is 10.3. The molecule has 10 heteroatoms. The van der Waals surface area contributed by atoms with E-state index in [9.17, 15) is 24.9 Å². The highest BCUT2D eigenvalue weighted by Crippen LogP contribution is 2.56. The highest BCUT2D eigenvalue weighted by Gasteiger charge is 2.65. The van der Waals surface area contributed by atoms with Gasteiger partial charge in [0.1, 0.15) is 23.7 Å². The molecule has 4 atom stereocenters. The lowest BCUT2D eigenvalue weighted by Gasteiger charge is -2.49. The van der Waals surface area contributed by atoms with E-state index in [0.29, 0.717) is 23.9 Å². The number of phenolic OH excluding ortho intramolecular Hbond substituents is 1. The lowest BCUT2D eigenvalue weighted by Crippen LogP contribution is -2.63. The van der Waals surface area contributed by atoms with Gasteiger partial charge in [-0.3, -0.25) is 14.5 Å². The summed E-state index contributed by atoms with van der Waals surface area (Å²) in [6.07, 6.45) is 0.563. The van der Waals surface area contributed by atoms with Crippen LogP contribution in [0.1, 0.15) is 50.8 Å². The summed E-state index contributed by atoms with van der Waals surface area (Å²) in [5, 5.41) is 43.7. The maximum atomic E-state index is 14.4. The van der Waals surface area contributed by atoms with Crippen LogP contribution in [0.5, 0.6) is 11.6 Å². The van der Waals surface area contributed by atoms with E-state index in [1.807, 2.05) is 61.6 Å². The number of aromatic hydroxyl groups is 1. The summed E-state index contributed by atoms with van der Waals surface area (Å²) >= 11 is 0. The van der Waals surface area contributed by atoms with Crippen LogP contribution in [-0.2, 0) is 24.4 Å². The lowest BCUT2D eigenvalue weighted by atomic mass is 9.57. The van der Waals surface area contributed by atoms with Crippen molar-refractivity contribution in [2.24, 2.45) is 11.8 Å². The molecule has 0 radical (unpaired) electrons. The molecule has 4 aromatic rings. The van der Waals surface area contributed by atoms with Gasteiger partial charge in [0.25, 0.3) is 5.88 Å². The van der Waals surface area contributed by atoms with Gasteiger partial charge in [-0.15, -0.1) is 0 Å². The third-order valence-corrected chi connectivity index (χ3v) is 9.36. The summed E-state index contributed by atoms with van der Waals surface area (Å²) < 4.78 is 11.6. The fraction of sp³-hybridized carbons (Fsp3) is 0.324. The van der Waals surface area contributed by atoms with Gasteiger partial charge in [0.2, 0.25) is 11.6 Å². The topological polar surface area (TPSA) is 145 Å². The Morgan fingerprint density at radius 1 is 1.05 bits per heavy atom. The second-order valence-electron chi connectivity index (χ2n) is 12.2. The van der Waals surface area contributed by atoms with Crippen molar-refractivity contribution in [1.82, 2.24) is 15.4 Å². The molecule has 7 rings (SSSR count). The zero-order valence-electron chi connectivity index (χ0n) is 24.6. The summed E-state index contributed by atoms with van der Waals surface area (Å²) in [7, 11) is 5.40. The number of rotatable bonds is 6. The fourth-order valence-corrected chi connectivity index (χ4v) is 7.38. The molecule has 0 unspecified atom stereocenters. The van der Waals surface area contributed by atoms with Gasteiger partial charge in [-0.1, -0.05) is 48.5 Å². The van der Waals surface area contributed by atoms with Gasteiger partial charge in [-0.25, -0.2) is 0 Å². The quantitative estimate of drug-likeness (QED) is 0.241. The van der Waals surface area contributed by atoms with E-state index in [0.717, 1.165) is 16.5 Å². The van der Waals surface area contributed by atoms with Gasteiger partial charge >= 0.3 is 0 Å². The second-order valence-corrected chi connectivity index (χ2v) is 12.2. The zero-order chi connectivity index (χ0) is 30.9. The third kappa shape index (κ3) is 4.02. The van der Waals surface area contributed by atoms with Crippen molar-refractivity contribution in [3.05, 3.63) is 93.7 Å². The normalized spacial score (nSPS) is 24.2. The number of carbonyl (C=O) groups is 2. The van der Waals surface area contributed by atoms with E-state index in [2.05, 4.69) is 10.5 Å². The van der Waals surface area contributed by atoms with Crippen molar-refractivity contribution in [2.75, 3.05) is 21.1 Å². The molecule has 1 heterocycles. The van der Waals surface area contributed by atoms with Crippen LogP contribution in [0, 0.1) is 11.8 Å². The van der Waals surface area contributed by atoms with E-state index in [1.54, 1.807) is 19.0 Å².